The molecule has 0 bridgehead atoms. The third kappa shape index (κ3) is 4.12. The topological polar surface area (TPSA) is 148 Å². The number of aliphatic carboxylic acids is 1. The van der Waals surface area contributed by atoms with E-state index >= 15 is 0 Å². The van der Waals surface area contributed by atoms with Gasteiger partial charge in [0.2, 0.25) is 0 Å². The summed E-state index contributed by atoms with van der Waals surface area (Å²) in [6.07, 6.45) is -1.69. The maximum absolute atomic E-state index is 13.6. The van der Waals surface area contributed by atoms with Gasteiger partial charge in [0, 0.05) is 25.2 Å². The van der Waals surface area contributed by atoms with Crippen molar-refractivity contribution in [3.05, 3.63) is 59.5 Å². The smallest absolute Gasteiger partial charge is 0.416 e. The number of rotatable bonds is 4. The fraction of sp³-hybridized carbons (Fsp3) is 0.174. The summed E-state index contributed by atoms with van der Waals surface area (Å²) in [5.41, 5.74) is -0.0190. The predicted octanol–water partition coefficient (Wildman–Crippen LogP) is 2.48. The number of hydrogen-bond donors (Lipinski definition) is 2. The SMILES string of the molecule is Cn1cnnc1-c1cnn(C)c1-c1cc(NC(=O)C(=O)O)nc(N2Cc3c(cccc3C(F)(F)F)C2=O)c1. The largest absolute Gasteiger partial charge is 0.474 e. The second kappa shape index (κ2) is 8.79. The molecule has 38 heavy (non-hydrogen) atoms. The fourth-order valence-electron chi connectivity index (χ4n) is 4.28. The van der Waals surface area contributed by atoms with Gasteiger partial charge in [-0.15, -0.1) is 10.2 Å². The van der Waals surface area contributed by atoms with E-state index in [4.69, 9.17) is 5.11 Å². The maximum atomic E-state index is 13.6. The first-order chi connectivity index (χ1) is 18.0. The summed E-state index contributed by atoms with van der Waals surface area (Å²) < 4.78 is 44.0. The number of benzene rings is 1. The monoisotopic (exact) mass is 526 g/mol. The van der Waals surface area contributed by atoms with E-state index in [1.54, 1.807) is 18.7 Å². The van der Waals surface area contributed by atoms with Gasteiger partial charge in [-0.3, -0.25) is 19.2 Å². The third-order valence-corrected chi connectivity index (χ3v) is 5.96. The molecule has 3 aromatic heterocycles. The molecule has 1 aliphatic heterocycles. The minimum absolute atomic E-state index is 0.109. The van der Waals surface area contributed by atoms with E-state index < -0.39 is 36.1 Å². The number of fused-ring (bicyclic) bond motifs is 1. The first kappa shape index (κ1) is 24.6. The van der Waals surface area contributed by atoms with Gasteiger partial charge in [-0.25, -0.2) is 9.78 Å². The van der Waals surface area contributed by atoms with Crippen LogP contribution in [0.5, 0.6) is 0 Å². The third-order valence-electron chi connectivity index (χ3n) is 5.96. The van der Waals surface area contributed by atoms with E-state index in [9.17, 15) is 27.6 Å². The van der Waals surface area contributed by atoms with Gasteiger partial charge in [-0.2, -0.15) is 18.3 Å². The van der Waals surface area contributed by atoms with Crippen LogP contribution in [0.15, 0.2) is 42.9 Å². The number of anilines is 2. The lowest BCUT2D eigenvalue weighted by molar-refractivity contribution is -0.147. The molecule has 0 unspecified atom stereocenters. The van der Waals surface area contributed by atoms with Crippen molar-refractivity contribution in [2.24, 2.45) is 14.1 Å². The molecule has 4 heterocycles. The lowest BCUT2D eigenvalue weighted by Crippen LogP contribution is -2.26. The molecule has 0 fully saturated rings. The Kier molecular flexibility index (Phi) is 5.69. The summed E-state index contributed by atoms with van der Waals surface area (Å²) in [7, 11) is 3.33. The van der Waals surface area contributed by atoms with Crippen molar-refractivity contribution in [3.8, 4) is 22.6 Å². The Hall–Kier alpha value is -5.08. The highest BCUT2D eigenvalue weighted by molar-refractivity contribution is 6.36. The molecule has 4 aromatic rings. The predicted molar refractivity (Wildman–Crippen MR) is 125 cm³/mol. The highest BCUT2D eigenvalue weighted by Gasteiger charge is 2.40. The van der Waals surface area contributed by atoms with Crippen LogP contribution in [0.4, 0.5) is 24.8 Å². The van der Waals surface area contributed by atoms with Crippen LogP contribution in [-0.2, 0) is 36.4 Å². The zero-order chi connectivity index (χ0) is 27.4. The lowest BCUT2D eigenvalue weighted by atomic mass is 10.0. The second-order valence-corrected chi connectivity index (χ2v) is 8.38. The van der Waals surface area contributed by atoms with Crippen LogP contribution in [0.3, 0.4) is 0 Å². The van der Waals surface area contributed by atoms with Crippen LogP contribution in [0.25, 0.3) is 22.6 Å². The van der Waals surface area contributed by atoms with E-state index in [1.807, 2.05) is 0 Å². The number of carboxylic acids is 1. The van der Waals surface area contributed by atoms with E-state index in [-0.39, 0.29) is 22.8 Å². The van der Waals surface area contributed by atoms with Crippen LogP contribution >= 0.6 is 0 Å². The minimum atomic E-state index is -4.68. The van der Waals surface area contributed by atoms with Crippen molar-refractivity contribution in [1.29, 1.82) is 0 Å². The van der Waals surface area contributed by atoms with Crippen molar-refractivity contribution in [3.63, 3.8) is 0 Å². The molecule has 0 saturated carbocycles. The van der Waals surface area contributed by atoms with E-state index in [1.165, 1.54) is 35.4 Å². The Morgan fingerprint density at radius 1 is 1.13 bits per heavy atom. The maximum Gasteiger partial charge on any atom is 0.416 e. The van der Waals surface area contributed by atoms with Crippen molar-refractivity contribution in [2.45, 2.75) is 12.7 Å². The molecule has 0 spiro atoms. The summed E-state index contributed by atoms with van der Waals surface area (Å²) in [5, 5.41) is 23.4. The van der Waals surface area contributed by atoms with Crippen LogP contribution in [-0.4, -0.2) is 52.4 Å². The van der Waals surface area contributed by atoms with Gasteiger partial charge >= 0.3 is 18.1 Å². The summed E-state index contributed by atoms with van der Waals surface area (Å²) in [5.74, 6) is -3.82. The number of nitrogens with one attached hydrogen (secondary N) is 1. The number of alkyl halides is 3. The zero-order valence-corrected chi connectivity index (χ0v) is 19.7. The number of halogens is 3. The molecule has 0 radical (unpaired) electrons. The van der Waals surface area contributed by atoms with Gasteiger partial charge < -0.3 is 15.0 Å². The summed E-state index contributed by atoms with van der Waals surface area (Å²) in [6, 6.07) is 6.12. The lowest BCUT2D eigenvalue weighted by Gasteiger charge is -2.18. The summed E-state index contributed by atoms with van der Waals surface area (Å²) in [6.45, 7) is -0.436. The van der Waals surface area contributed by atoms with E-state index in [0.29, 0.717) is 22.6 Å². The molecule has 0 atom stereocenters. The highest BCUT2D eigenvalue weighted by Crippen LogP contribution is 2.40. The molecule has 2 amide bonds. The van der Waals surface area contributed by atoms with Crippen molar-refractivity contribution >= 4 is 29.4 Å². The number of carboxylic acid groups (broad SMARTS) is 1. The van der Waals surface area contributed by atoms with Gasteiger partial charge in [0.25, 0.3) is 5.91 Å². The molecule has 1 aromatic carbocycles. The average Bonchev–Trinajstić information content (AvgIpc) is 3.54. The molecule has 0 aliphatic carbocycles. The van der Waals surface area contributed by atoms with Crippen LogP contribution in [0.1, 0.15) is 21.5 Å². The molecule has 2 N–H and O–H groups in total. The molecule has 12 nitrogen and oxygen atoms in total. The van der Waals surface area contributed by atoms with E-state index in [2.05, 4.69) is 25.6 Å². The number of aromatic nitrogens is 6. The Labute approximate surface area is 211 Å². The first-order valence-electron chi connectivity index (χ1n) is 10.9. The van der Waals surface area contributed by atoms with Crippen LogP contribution in [0.2, 0.25) is 0 Å². The average molecular weight is 526 g/mol. The minimum Gasteiger partial charge on any atom is -0.474 e. The summed E-state index contributed by atoms with van der Waals surface area (Å²) in [4.78, 5) is 41.4. The Morgan fingerprint density at radius 3 is 2.55 bits per heavy atom. The Balaban J connectivity index is 1.66. The standard InChI is InChI=1S/C23H17F3N8O4/c1-32-10-27-31-19(32)13-8-28-33(2)18(13)11-6-16(30-20(35)22(37)38)29-17(7-11)34-9-14-12(21(34)36)4-3-5-15(14)23(24,25)26/h3-8,10H,9H2,1-2H3,(H,37,38)(H,29,30,35). The molecule has 15 heteroatoms. The highest BCUT2D eigenvalue weighted by atomic mass is 19.4. The van der Waals surface area contributed by atoms with E-state index in [0.717, 1.165) is 17.0 Å². The van der Waals surface area contributed by atoms with Gasteiger partial charge in [0.05, 0.1) is 29.6 Å². The zero-order valence-electron chi connectivity index (χ0n) is 19.7. The normalized spacial score (nSPS) is 13.1. The fourth-order valence-corrected chi connectivity index (χ4v) is 4.28. The van der Waals surface area contributed by atoms with Crippen LogP contribution < -0.4 is 10.2 Å². The van der Waals surface area contributed by atoms with Crippen molar-refractivity contribution in [1.82, 2.24) is 29.5 Å². The molecular weight excluding hydrogens is 509 g/mol. The number of aryl methyl sites for hydroxylation is 2. The van der Waals surface area contributed by atoms with Gasteiger partial charge in [-0.1, -0.05) is 6.07 Å². The number of carbonyl (C=O) groups excluding carboxylic acids is 2. The number of amides is 2. The molecule has 5 rings (SSSR count). The van der Waals surface area contributed by atoms with Gasteiger partial charge in [-0.05, 0) is 29.8 Å². The van der Waals surface area contributed by atoms with Gasteiger partial charge in [0.1, 0.15) is 18.0 Å². The molecule has 1 aliphatic rings. The summed E-state index contributed by atoms with van der Waals surface area (Å²) >= 11 is 0. The number of hydrogen-bond acceptors (Lipinski definition) is 7. The molecule has 0 saturated heterocycles. The number of carbonyl (C=O) groups is 3. The van der Waals surface area contributed by atoms with Crippen molar-refractivity contribution < 1.29 is 32.7 Å². The second-order valence-electron chi connectivity index (χ2n) is 8.38. The Morgan fingerprint density at radius 2 is 1.89 bits per heavy atom. The van der Waals surface area contributed by atoms with Crippen molar-refractivity contribution in [2.75, 3.05) is 10.2 Å². The molecule has 194 valence electrons. The first-order valence-corrected chi connectivity index (χ1v) is 10.9. The number of pyridine rings is 1. The quantitative estimate of drug-likeness (QED) is 0.386. The van der Waals surface area contributed by atoms with Gasteiger partial charge in [0.15, 0.2) is 5.82 Å². The molecular formula is C23H17F3N8O4. The number of nitrogens with zero attached hydrogens (tertiary/aromatic N) is 7. The van der Waals surface area contributed by atoms with Crippen LogP contribution in [0, 0.1) is 0 Å². The Bertz CT molecular complexity index is 1630.